The fraction of sp³-hybridized carbons (Fsp3) is 0. The maximum Gasteiger partial charge on any atom is 0.291 e. The Morgan fingerprint density at radius 1 is 1.67 bits per heavy atom. The van der Waals surface area contributed by atoms with Gasteiger partial charge in [0.25, 0.3) is 5.09 Å². The molecule has 0 spiro atoms. The van der Waals surface area contributed by atoms with Gasteiger partial charge in [-0.1, -0.05) is 0 Å². The van der Waals surface area contributed by atoms with Crippen LogP contribution >= 0.6 is 0 Å². The number of rotatable bonds is 0. The fourth-order valence-corrected chi connectivity index (χ4v) is 0. The Morgan fingerprint density at radius 2 is 1.67 bits per heavy atom. The van der Waals surface area contributed by atoms with E-state index in [1.54, 1.807) is 0 Å². The van der Waals surface area contributed by atoms with Crippen LogP contribution in [0.4, 0.5) is 0 Å². The van der Waals surface area contributed by atoms with Crippen molar-refractivity contribution in [2.45, 2.75) is 0 Å². The van der Waals surface area contributed by atoms with Gasteiger partial charge in [-0.25, -0.2) is 0 Å². The molecule has 6 heteroatoms. The molecule has 4 N–H and O–H groups in total. The summed E-state index contributed by atoms with van der Waals surface area (Å²) in [6, 6.07) is 0. The monoisotopic (exact) mass is 275 g/mol. The molecule has 0 atom stereocenters. The van der Waals surface area contributed by atoms with Crippen LogP contribution in [0.1, 0.15) is 0 Å². The van der Waals surface area contributed by atoms with E-state index in [4.69, 9.17) is 15.3 Å². The van der Waals surface area contributed by atoms with Gasteiger partial charge in [-0.15, -0.1) is 10.1 Å². The summed E-state index contributed by atoms with van der Waals surface area (Å²) in [5.41, 5.74) is 0. The van der Waals surface area contributed by atoms with Gasteiger partial charge in [-0.05, 0) is 0 Å². The van der Waals surface area contributed by atoms with Gasteiger partial charge in [-0.3, -0.25) is 0 Å². The van der Waals surface area contributed by atoms with Crippen LogP contribution in [0.2, 0.25) is 0 Å². The fourth-order valence-electron chi connectivity index (χ4n) is 0. The molecule has 0 aromatic heterocycles. The summed E-state index contributed by atoms with van der Waals surface area (Å²) in [6.45, 7) is 0. The van der Waals surface area contributed by atoms with E-state index < -0.39 is 5.09 Å². The molecule has 0 rings (SSSR count). The topological polar surface area (TPSA) is 98.4 Å². The second kappa shape index (κ2) is 8.85. The Morgan fingerprint density at radius 3 is 1.67 bits per heavy atom. The minimum absolute atomic E-state index is 0. The van der Waals surface area contributed by atoms with Crippen LogP contribution in [0.25, 0.3) is 0 Å². The summed E-state index contributed by atoms with van der Waals surface area (Å²) in [7, 11) is 0. The first kappa shape index (κ1) is 16.9. The Bertz CT molecular complexity index is 31.8. The predicted molar refractivity (Wildman–Crippen MR) is 13.8 cm³/mol. The smallest absolute Gasteiger partial charge is 0.291 e. The molecule has 0 aromatic carbocycles. The van der Waals surface area contributed by atoms with Crippen LogP contribution in [-0.4, -0.2) is 10.3 Å². The van der Waals surface area contributed by atoms with E-state index in [0.29, 0.717) is 0 Å². The second-order valence-corrected chi connectivity index (χ2v) is 0.238. The Balaban J connectivity index is -0.0000000450. The molecule has 42 valence electrons. The molecule has 0 aliphatic rings. The van der Waals surface area contributed by atoms with Gasteiger partial charge < -0.3 is 11.4 Å². The SMILES string of the molecule is N.O=[N+]([O-])O.[Pt]. The van der Waals surface area contributed by atoms with E-state index in [-0.39, 0.29) is 27.2 Å². The van der Waals surface area contributed by atoms with Crippen molar-refractivity contribution in [3.63, 3.8) is 0 Å². The van der Waals surface area contributed by atoms with Crippen LogP contribution < -0.4 is 6.15 Å². The van der Waals surface area contributed by atoms with E-state index in [2.05, 4.69) is 0 Å². The molecule has 6 heavy (non-hydrogen) atoms. The summed E-state index contributed by atoms with van der Waals surface area (Å²) < 4.78 is 0. The van der Waals surface area contributed by atoms with Crippen molar-refractivity contribution in [2.75, 3.05) is 0 Å². The molecule has 0 aliphatic heterocycles. The Labute approximate surface area is 48.3 Å². The summed E-state index contributed by atoms with van der Waals surface area (Å²) in [5.74, 6) is 0. The first-order valence-electron chi connectivity index (χ1n) is 0.565. The van der Waals surface area contributed by atoms with Crippen molar-refractivity contribution in [1.29, 1.82) is 0 Å². The van der Waals surface area contributed by atoms with Crippen LogP contribution in [-0.2, 0) is 21.1 Å². The number of nitrogens with zero attached hydrogens (tertiary/aromatic N) is 1. The van der Waals surface area contributed by atoms with Gasteiger partial charge in [0, 0.05) is 21.1 Å². The Hall–Kier alpha value is -0.152. The second-order valence-electron chi connectivity index (χ2n) is 0.238. The van der Waals surface area contributed by atoms with Crippen LogP contribution in [0.5, 0.6) is 0 Å². The van der Waals surface area contributed by atoms with Gasteiger partial charge in [0.15, 0.2) is 0 Å². The van der Waals surface area contributed by atoms with E-state index in [0.717, 1.165) is 0 Å². The maximum absolute atomic E-state index is 8.36. The van der Waals surface area contributed by atoms with Gasteiger partial charge in [-0.2, -0.15) is 0 Å². The quantitative estimate of drug-likeness (QED) is 0.473. The summed E-state index contributed by atoms with van der Waals surface area (Å²) in [6.07, 6.45) is 0. The van der Waals surface area contributed by atoms with Crippen molar-refractivity contribution < 1.29 is 31.4 Å². The molecule has 0 saturated heterocycles. The molecule has 0 saturated carbocycles. The third kappa shape index (κ3) is 1360. The van der Waals surface area contributed by atoms with E-state index in [1.165, 1.54) is 0 Å². The van der Waals surface area contributed by atoms with Crippen molar-refractivity contribution in [3.05, 3.63) is 10.1 Å². The molecular weight excluding hydrogens is 271 g/mol. The number of hydrogen-bond donors (Lipinski definition) is 2. The van der Waals surface area contributed by atoms with Gasteiger partial charge in [0.05, 0.1) is 0 Å². The van der Waals surface area contributed by atoms with E-state index >= 15 is 0 Å². The molecule has 0 bridgehead atoms. The first-order valence-corrected chi connectivity index (χ1v) is 0.565. The van der Waals surface area contributed by atoms with Gasteiger partial charge >= 0.3 is 0 Å². The zero-order valence-corrected chi connectivity index (χ0v) is 5.01. The normalized spacial score (nSPS) is 4.00. The first-order chi connectivity index (χ1) is 1.73. The molecule has 0 radical (unpaired) electrons. The van der Waals surface area contributed by atoms with Crippen LogP contribution in [0.3, 0.4) is 0 Å². The average Bonchev–Trinajstić information content (AvgIpc) is 0.811. The van der Waals surface area contributed by atoms with Crippen LogP contribution in [0, 0.1) is 10.1 Å². The van der Waals surface area contributed by atoms with Crippen molar-refractivity contribution in [2.24, 2.45) is 0 Å². The molecular formula is H4N2O3Pt. The van der Waals surface area contributed by atoms with E-state index in [9.17, 15) is 0 Å². The van der Waals surface area contributed by atoms with Gasteiger partial charge in [0.2, 0.25) is 0 Å². The zero-order valence-electron chi connectivity index (χ0n) is 2.73. The minimum Gasteiger partial charge on any atom is -0.344 e. The molecule has 0 aliphatic carbocycles. The van der Waals surface area contributed by atoms with Gasteiger partial charge in [0.1, 0.15) is 0 Å². The zero-order chi connectivity index (χ0) is 3.58. The average molecular weight is 275 g/mol. The molecule has 0 fully saturated rings. The molecule has 0 unspecified atom stereocenters. The summed E-state index contributed by atoms with van der Waals surface area (Å²) in [4.78, 5) is 8.36. The van der Waals surface area contributed by atoms with Crippen LogP contribution in [0.15, 0.2) is 0 Å². The molecule has 5 nitrogen and oxygen atoms in total. The molecule has 0 aromatic rings. The molecule has 0 amide bonds. The Kier molecular flexibility index (Phi) is 25.0. The minimum atomic E-state index is -1.50. The van der Waals surface area contributed by atoms with E-state index in [1.807, 2.05) is 0 Å². The number of hydrogen-bond acceptors (Lipinski definition) is 3. The van der Waals surface area contributed by atoms with Crippen molar-refractivity contribution in [1.82, 2.24) is 6.15 Å². The van der Waals surface area contributed by atoms with Crippen molar-refractivity contribution >= 4 is 0 Å². The third-order valence-electron chi connectivity index (χ3n) is 0. The third-order valence-corrected chi connectivity index (χ3v) is 0. The summed E-state index contributed by atoms with van der Waals surface area (Å²) >= 11 is 0. The standard InChI is InChI=1S/HNO3.H3N.Pt/c2-1(3)4;;/h(H,2,3,4);1H3;. The predicted octanol–water partition coefficient (Wildman–Crippen LogP) is -0.188. The summed E-state index contributed by atoms with van der Waals surface area (Å²) in [5, 5.41) is 13.6. The molecule has 0 heterocycles. The van der Waals surface area contributed by atoms with Crippen molar-refractivity contribution in [3.8, 4) is 0 Å². The maximum atomic E-state index is 8.36. The largest absolute Gasteiger partial charge is 0.344 e.